The van der Waals surface area contributed by atoms with Gasteiger partial charge in [0.25, 0.3) is 0 Å². The summed E-state index contributed by atoms with van der Waals surface area (Å²) in [6.07, 6.45) is 3.02. The zero-order chi connectivity index (χ0) is 20.2. The van der Waals surface area contributed by atoms with Gasteiger partial charge < -0.3 is 14.5 Å². The summed E-state index contributed by atoms with van der Waals surface area (Å²) in [6.45, 7) is 7.43. The van der Waals surface area contributed by atoms with Crippen LogP contribution in [0.2, 0.25) is 0 Å². The van der Waals surface area contributed by atoms with Crippen LogP contribution in [-0.2, 0) is 4.79 Å². The number of carbonyl (C=O) groups is 1. The molecule has 0 atom stereocenters. The monoisotopic (exact) mass is 395 g/mol. The van der Waals surface area contributed by atoms with E-state index in [1.54, 1.807) is 11.0 Å². The second kappa shape index (κ2) is 8.42. The fourth-order valence-electron chi connectivity index (χ4n) is 3.53. The van der Waals surface area contributed by atoms with Gasteiger partial charge >= 0.3 is 0 Å². The van der Waals surface area contributed by atoms with Crippen LogP contribution in [-0.4, -0.2) is 68.6 Å². The maximum absolute atomic E-state index is 12.1. The quantitative estimate of drug-likeness (QED) is 0.631. The molecule has 1 aromatic carbocycles. The molecule has 0 aliphatic carbocycles. The van der Waals surface area contributed by atoms with E-state index in [1.165, 1.54) is 0 Å². The molecule has 1 saturated heterocycles. The number of hydrogen-bond acceptors (Lipinski definition) is 7. The van der Waals surface area contributed by atoms with Gasteiger partial charge in [-0.25, -0.2) is 9.97 Å². The molecule has 4 rings (SSSR count). The molecule has 0 N–H and O–H groups in total. The molecular formula is C20H25N7O2. The third kappa shape index (κ3) is 3.85. The maximum Gasteiger partial charge on any atom is 0.222 e. The lowest BCUT2D eigenvalue weighted by atomic mass is 10.2. The van der Waals surface area contributed by atoms with Crippen LogP contribution < -0.4 is 9.64 Å². The molecule has 1 aliphatic rings. The largest absolute Gasteiger partial charge is 0.494 e. The van der Waals surface area contributed by atoms with Crippen LogP contribution in [0.1, 0.15) is 26.7 Å². The Morgan fingerprint density at radius 1 is 1.07 bits per heavy atom. The average Bonchev–Trinajstić information content (AvgIpc) is 3.19. The van der Waals surface area contributed by atoms with Crippen molar-refractivity contribution >= 4 is 22.9 Å². The van der Waals surface area contributed by atoms with Gasteiger partial charge in [0.2, 0.25) is 5.91 Å². The Bertz CT molecular complexity index is 978. The van der Waals surface area contributed by atoms with E-state index >= 15 is 0 Å². The van der Waals surface area contributed by atoms with E-state index in [-0.39, 0.29) is 5.91 Å². The number of piperazine rings is 1. The highest BCUT2D eigenvalue weighted by molar-refractivity contribution is 5.84. The van der Waals surface area contributed by atoms with Gasteiger partial charge in [-0.2, -0.15) is 4.68 Å². The molecule has 0 unspecified atom stereocenters. The van der Waals surface area contributed by atoms with Crippen molar-refractivity contribution in [3.63, 3.8) is 0 Å². The van der Waals surface area contributed by atoms with Crippen LogP contribution in [0.25, 0.3) is 16.9 Å². The lowest BCUT2D eigenvalue weighted by molar-refractivity contribution is -0.131. The van der Waals surface area contributed by atoms with E-state index in [2.05, 4.69) is 25.2 Å². The van der Waals surface area contributed by atoms with Gasteiger partial charge in [-0.05, 0) is 37.6 Å². The highest BCUT2D eigenvalue weighted by Crippen LogP contribution is 2.24. The molecule has 1 amide bonds. The first-order valence-electron chi connectivity index (χ1n) is 10.0. The first kappa shape index (κ1) is 19.1. The van der Waals surface area contributed by atoms with Crippen molar-refractivity contribution < 1.29 is 9.53 Å². The van der Waals surface area contributed by atoms with Gasteiger partial charge in [0.15, 0.2) is 17.0 Å². The van der Waals surface area contributed by atoms with Crippen molar-refractivity contribution in [2.75, 3.05) is 37.7 Å². The number of aromatic nitrogens is 5. The summed E-state index contributed by atoms with van der Waals surface area (Å²) in [5, 5.41) is 8.64. The average molecular weight is 395 g/mol. The number of rotatable bonds is 6. The summed E-state index contributed by atoms with van der Waals surface area (Å²) in [4.78, 5) is 25.1. The van der Waals surface area contributed by atoms with Crippen molar-refractivity contribution in [3.05, 3.63) is 30.6 Å². The van der Waals surface area contributed by atoms with Gasteiger partial charge in [-0.15, -0.1) is 5.10 Å². The number of nitrogens with zero attached hydrogens (tertiary/aromatic N) is 7. The van der Waals surface area contributed by atoms with Crippen LogP contribution in [0.5, 0.6) is 5.75 Å². The third-order valence-electron chi connectivity index (χ3n) is 5.01. The van der Waals surface area contributed by atoms with Crippen LogP contribution in [0.3, 0.4) is 0 Å². The second-order valence-corrected chi connectivity index (χ2v) is 6.92. The Balaban J connectivity index is 1.56. The normalized spacial score (nSPS) is 14.4. The fraction of sp³-hybridized carbons (Fsp3) is 0.450. The molecular weight excluding hydrogens is 370 g/mol. The molecule has 29 heavy (non-hydrogen) atoms. The Kier molecular flexibility index (Phi) is 5.55. The lowest BCUT2D eigenvalue weighted by Gasteiger charge is -2.35. The molecule has 0 radical (unpaired) electrons. The zero-order valence-electron chi connectivity index (χ0n) is 16.8. The number of hydrogen-bond donors (Lipinski definition) is 0. The van der Waals surface area contributed by atoms with Gasteiger partial charge in [-0.3, -0.25) is 4.79 Å². The predicted octanol–water partition coefficient (Wildman–Crippen LogP) is 2.06. The molecule has 152 valence electrons. The minimum Gasteiger partial charge on any atom is -0.494 e. The van der Waals surface area contributed by atoms with Crippen LogP contribution in [0.4, 0.5) is 5.82 Å². The maximum atomic E-state index is 12.1. The van der Waals surface area contributed by atoms with E-state index < -0.39 is 0 Å². The molecule has 9 nitrogen and oxygen atoms in total. The molecule has 2 aromatic heterocycles. The first-order valence-corrected chi connectivity index (χ1v) is 10.0. The van der Waals surface area contributed by atoms with E-state index in [9.17, 15) is 4.79 Å². The summed E-state index contributed by atoms with van der Waals surface area (Å²) in [5.41, 5.74) is 2.17. The van der Waals surface area contributed by atoms with Crippen molar-refractivity contribution in [2.24, 2.45) is 0 Å². The Hall–Kier alpha value is -3.23. The van der Waals surface area contributed by atoms with Crippen molar-refractivity contribution in [3.8, 4) is 11.4 Å². The van der Waals surface area contributed by atoms with Crippen molar-refractivity contribution in [1.82, 2.24) is 29.9 Å². The number of ether oxygens (including phenoxy) is 1. The second-order valence-electron chi connectivity index (χ2n) is 6.92. The van der Waals surface area contributed by atoms with Gasteiger partial charge in [0.05, 0.1) is 12.3 Å². The predicted molar refractivity (Wildman–Crippen MR) is 109 cm³/mol. The Labute approximate surface area is 169 Å². The first-order chi connectivity index (χ1) is 14.2. The highest BCUT2D eigenvalue weighted by atomic mass is 16.5. The Morgan fingerprint density at radius 3 is 2.52 bits per heavy atom. The molecule has 3 heterocycles. The van der Waals surface area contributed by atoms with Crippen LogP contribution >= 0.6 is 0 Å². The van der Waals surface area contributed by atoms with E-state index in [4.69, 9.17) is 4.74 Å². The minimum absolute atomic E-state index is 0.224. The fourth-order valence-corrected chi connectivity index (χ4v) is 3.53. The zero-order valence-corrected chi connectivity index (χ0v) is 16.8. The number of benzene rings is 1. The molecule has 0 bridgehead atoms. The minimum atomic E-state index is 0.224. The standard InChI is InChI=1S/C20H25N7O2/c1-3-5-17(28)25-10-12-26(13-11-25)19-18-20(22-14-21-19)27(24-23-18)15-6-8-16(9-7-15)29-4-2/h6-9,14H,3-5,10-13H2,1-2H3. The molecule has 9 heteroatoms. The number of carbonyl (C=O) groups excluding carboxylic acids is 1. The smallest absolute Gasteiger partial charge is 0.222 e. The van der Waals surface area contributed by atoms with Gasteiger partial charge in [0.1, 0.15) is 12.1 Å². The van der Waals surface area contributed by atoms with Gasteiger partial charge in [-0.1, -0.05) is 12.1 Å². The third-order valence-corrected chi connectivity index (χ3v) is 5.01. The number of anilines is 1. The lowest BCUT2D eigenvalue weighted by Crippen LogP contribution is -2.49. The van der Waals surface area contributed by atoms with E-state index in [0.717, 1.165) is 36.8 Å². The van der Waals surface area contributed by atoms with E-state index in [1.807, 2.05) is 43.0 Å². The SMILES string of the molecule is CCCC(=O)N1CCN(c2ncnc3c2nnn3-c2ccc(OCC)cc2)CC1. The molecule has 0 spiro atoms. The summed E-state index contributed by atoms with van der Waals surface area (Å²) >= 11 is 0. The van der Waals surface area contributed by atoms with E-state index in [0.29, 0.717) is 37.3 Å². The highest BCUT2D eigenvalue weighted by Gasteiger charge is 2.24. The van der Waals surface area contributed by atoms with Crippen LogP contribution in [0.15, 0.2) is 30.6 Å². The van der Waals surface area contributed by atoms with Crippen molar-refractivity contribution in [1.29, 1.82) is 0 Å². The summed E-state index contributed by atoms with van der Waals surface area (Å²) in [5.74, 6) is 1.79. The van der Waals surface area contributed by atoms with Crippen LogP contribution in [0, 0.1) is 0 Å². The van der Waals surface area contributed by atoms with Crippen molar-refractivity contribution in [2.45, 2.75) is 26.7 Å². The molecule has 3 aromatic rings. The summed E-state index contributed by atoms with van der Waals surface area (Å²) in [6, 6.07) is 7.67. The van der Waals surface area contributed by atoms with Gasteiger partial charge in [0, 0.05) is 32.6 Å². The number of fused-ring (bicyclic) bond motifs is 1. The molecule has 0 saturated carbocycles. The molecule has 1 aliphatic heterocycles. The Morgan fingerprint density at radius 2 is 1.83 bits per heavy atom. The number of amides is 1. The topological polar surface area (TPSA) is 89.3 Å². The summed E-state index contributed by atoms with van der Waals surface area (Å²) in [7, 11) is 0. The summed E-state index contributed by atoms with van der Waals surface area (Å²) < 4.78 is 7.20. The molecule has 1 fully saturated rings.